The number of ketones is 1. The standard InChI is InChI=1S/C29H25ClN2O3/c1-2-32-16-20(21-8-4-6-10-25(21)32)15-27-28(33)22-11-12-26-23(29(22)35-27)17-31(18-34-26)14-13-19-7-3-5-9-24(19)30/h3-12,15-16H,2,13-14,17-18H2,1H3/b27-15-. The van der Waals surface area contributed by atoms with Gasteiger partial charge in [-0.05, 0) is 49.2 Å². The van der Waals surface area contributed by atoms with Gasteiger partial charge in [-0.2, -0.15) is 0 Å². The molecule has 35 heavy (non-hydrogen) atoms. The number of carbonyl (C=O) groups excluding carboxylic acids is 1. The van der Waals surface area contributed by atoms with Gasteiger partial charge in [0.15, 0.2) is 5.76 Å². The van der Waals surface area contributed by atoms with E-state index in [0.29, 0.717) is 30.3 Å². The number of nitrogens with zero attached hydrogens (tertiary/aromatic N) is 2. The van der Waals surface area contributed by atoms with Crippen molar-refractivity contribution in [3.63, 3.8) is 0 Å². The van der Waals surface area contributed by atoms with Crippen LogP contribution in [0, 0.1) is 0 Å². The molecule has 0 fully saturated rings. The molecule has 0 bridgehead atoms. The maximum absolute atomic E-state index is 13.3. The van der Waals surface area contributed by atoms with Crippen molar-refractivity contribution in [1.82, 2.24) is 9.47 Å². The van der Waals surface area contributed by atoms with Crippen molar-refractivity contribution in [2.45, 2.75) is 26.4 Å². The van der Waals surface area contributed by atoms with Crippen LogP contribution < -0.4 is 9.47 Å². The number of allylic oxidation sites excluding steroid dienone is 1. The summed E-state index contributed by atoms with van der Waals surface area (Å²) in [5, 5.41) is 1.88. The molecular weight excluding hydrogens is 460 g/mol. The predicted molar refractivity (Wildman–Crippen MR) is 138 cm³/mol. The molecule has 0 saturated heterocycles. The van der Waals surface area contributed by atoms with Gasteiger partial charge in [-0.25, -0.2) is 0 Å². The topological polar surface area (TPSA) is 43.7 Å². The highest BCUT2D eigenvalue weighted by atomic mass is 35.5. The van der Waals surface area contributed by atoms with E-state index in [-0.39, 0.29) is 5.78 Å². The lowest BCUT2D eigenvalue weighted by atomic mass is 10.0. The number of ether oxygens (including phenoxy) is 2. The number of fused-ring (bicyclic) bond motifs is 4. The second-order valence-corrected chi connectivity index (χ2v) is 9.32. The molecule has 3 heterocycles. The van der Waals surface area contributed by atoms with E-state index >= 15 is 0 Å². The fourth-order valence-corrected chi connectivity index (χ4v) is 5.15. The van der Waals surface area contributed by atoms with Crippen LogP contribution in [0.3, 0.4) is 0 Å². The van der Waals surface area contributed by atoms with Gasteiger partial charge in [0.1, 0.15) is 18.2 Å². The fourth-order valence-electron chi connectivity index (χ4n) is 4.92. The van der Waals surface area contributed by atoms with E-state index in [2.05, 4.69) is 34.7 Å². The molecule has 2 aliphatic rings. The first-order valence-electron chi connectivity index (χ1n) is 11.9. The molecule has 0 radical (unpaired) electrons. The molecule has 176 valence electrons. The fraction of sp³-hybridized carbons (Fsp3) is 0.207. The highest BCUT2D eigenvalue weighted by Gasteiger charge is 2.33. The van der Waals surface area contributed by atoms with Crippen molar-refractivity contribution < 1.29 is 14.3 Å². The second-order valence-electron chi connectivity index (χ2n) is 8.91. The number of halogens is 1. The van der Waals surface area contributed by atoms with Crippen LogP contribution in [0.15, 0.2) is 72.6 Å². The first kappa shape index (κ1) is 22.0. The largest absolute Gasteiger partial charge is 0.478 e. The lowest BCUT2D eigenvalue weighted by Gasteiger charge is -2.29. The second kappa shape index (κ2) is 8.91. The SMILES string of the molecule is CCn1cc(/C=C2\Oc3c(ccc4c3CN(CCc3ccccc3Cl)CO4)C2=O)c2ccccc21. The lowest BCUT2D eigenvalue weighted by molar-refractivity contribution is 0.0950. The maximum Gasteiger partial charge on any atom is 0.231 e. The van der Waals surface area contributed by atoms with Crippen LogP contribution in [-0.4, -0.2) is 28.5 Å². The van der Waals surface area contributed by atoms with Crippen molar-refractivity contribution in [3.8, 4) is 11.5 Å². The normalized spacial score (nSPS) is 16.3. The Hall–Kier alpha value is -3.54. The van der Waals surface area contributed by atoms with Gasteiger partial charge in [0, 0.05) is 47.3 Å². The quantitative estimate of drug-likeness (QED) is 0.311. The molecule has 0 aliphatic carbocycles. The molecule has 0 spiro atoms. The number of hydrogen-bond acceptors (Lipinski definition) is 4. The Morgan fingerprint density at radius 3 is 2.74 bits per heavy atom. The molecule has 0 amide bonds. The first-order chi connectivity index (χ1) is 17.1. The third-order valence-electron chi connectivity index (χ3n) is 6.78. The number of hydrogen-bond donors (Lipinski definition) is 0. The van der Waals surface area contributed by atoms with Crippen LogP contribution in [0.4, 0.5) is 0 Å². The number of para-hydroxylation sites is 1. The van der Waals surface area contributed by atoms with Crippen molar-refractivity contribution in [1.29, 1.82) is 0 Å². The Bertz CT molecular complexity index is 1490. The minimum Gasteiger partial charge on any atom is -0.478 e. The molecule has 1 aromatic heterocycles. The summed E-state index contributed by atoms with van der Waals surface area (Å²) >= 11 is 6.33. The highest BCUT2D eigenvalue weighted by molar-refractivity contribution is 6.31. The van der Waals surface area contributed by atoms with Gasteiger partial charge in [0.25, 0.3) is 0 Å². The average Bonchev–Trinajstić information content (AvgIpc) is 3.41. The molecule has 0 N–H and O–H groups in total. The van der Waals surface area contributed by atoms with Gasteiger partial charge in [-0.3, -0.25) is 9.69 Å². The summed E-state index contributed by atoms with van der Waals surface area (Å²) in [5.74, 6) is 1.64. The number of rotatable bonds is 5. The van der Waals surface area contributed by atoms with Gasteiger partial charge in [0.05, 0.1) is 11.1 Å². The Balaban J connectivity index is 1.27. The first-order valence-corrected chi connectivity index (χ1v) is 12.3. The van der Waals surface area contributed by atoms with Crippen LogP contribution in [0.25, 0.3) is 17.0 Å². The zero-order chi connectivity index (χ0) is 23.9. The summed E-state index contributed by atoms with van der Waals surface area (Å²) in [6.45, 7) is 4.90. The number of Topliss-reactive ketones (excluding diaryl/α,β-unsaturated/α-hetero) is 1. The Labute approximate surface area is 209 Å². The summed E-state index contributed by atoms with van der Waals surface area (Å²) in [5.41, 5.74) is 4.74. The van der Waals surface area contributed by atoms with E-state index in [1.54, 1.807) is 0 Å². The Kier molecular flexibility index (Phi) is 5.59. The third-order valence-corrected chi connectivity index (χ3v) is 7.15. The monoisotopic (exact) mass is 484 g/mol. The van der Waals surface area contributed by atoms with Gasteiger partial charge >= 0.3 is 0 Å². The van der Waals surface area contributed by atoms with Crippen molar-refractivity contribution in [2.24, 2.45) is 0 Å². The zero-order valence-electron chi connectivity index (χ0n) is 19.5. The van der Waals surface area contributed by atoms with E-state index in [1.165, 1.54) is 0 Å². The Morgan fingerprint density at radius 2 is 1.89 bits per heavy atom. The molecule has 5 nitrogen and oxygen atoms in total. The number of carbonyl (C=O) groups is 1. The molecule has 6 heteroatoms. The number of benzene rings is 3. The van der Waals surface area contributed by atoms with Crippen molar-refractivity contribution in [3.05, 3.63) is 99.9 Å². The molecule has 0 unspecified atom stereocenters. The molecule has 4 aromatic rings. The molecule has 6 rings (SSSR count). The van der Waals surface area contributed by atoms with Crippen LogP contribution in [0.5, 0.6) is 11.5 Å². The van der Waals surface area contributed by atoms with Crippen LogP contribution in [0.2, 0.25) is 5.02 Å². The summed E-state index contributed by atoms with van der Waals surface area (Å²) in [4.78, 5) is 15.5. The molecule has 0 saturated carbocycles. The van der Waals surface area contributed by atoms with Gasteiger partial charge < -0.3 is 14.0 Å². The van der Waals surface area contributed by atoms with Crippen LogP contribution >= 0.6 is 11.6 Å². The smallest absolute Gasteiger partial charge is 0.231 e. The van der Waals surface area contributed by atoms with Gasteiger partial charge in [0.2, 0.25) is 5.78 Å². The van der Waals surface area contributed by atoms with Gasteiger partial charge in [-0.15, -0.1) is 0 Å². The third kappa shape index (κ3) is 3.91. The maximum atomic E-state index is 13.3. The van der Waals surface area contributed by atoms with Crippen molar-refractivity contribution in [2.75, 3.05) is 13.3 Å². The van der Waals surface area contributed by atoms with Crippen LogP contribution in [0.1, 0.15) is 34.0 Å². The van der Waals surface area contributed by atoms with E-state index in [0.717, 1.165) is 57.9 Å². The van der Waals surface area contributed by atoms with Crippen molar-refractivity contribution >= 4 is 34.4 Å². The molecular formula is C29H25ClN2O3. The lowest BCUT2D eigenvalue weighted by Crippen LogP contribution is -2.33. The number of aromatic nitrogens is 1. The minimum atomic E-state index is -0.0932. The van der Waals surface area contributed by atoms with Crippen LogP contribution in [-0.2, 0) is 19.5 Å². The summed E-state index contributed by atoms with van der Waals surface area (Å²) < 4.78 is 14.4. The average molecular weight is 485 g/mol. The summed E-state index contributed by atoms with van der Waals surface area (Å²) in [7, 11) is 0. The van der Waals surface area contributed by atoms with E-state index < -0.39 is 0 Å². The number of aryl methyl sites for hydroxylation is 1. The summed E-state index contributed by atoms with van der Waals surface area (Å²) in [6, 6.07) is 19.8. The van der Waals surface area contributed by atoms with Gasteiger partial charge in [-0.1, -0.05) is 48.0 Å². The van der Waals surface area contributed by atoms with E-state index in [9.17, 15) is 4.79 Å². The summed E-state index contributed by atoms with van der Waals surface area (Å²) in [6.07, 6.45) is 4.76. The predicted octanol–water partition coefficient (Wildman–Crippen LogP) is 6.33. The van der Waals surface area contributed by atoms with E-state index in [4.69, 9.17) is 21.1 Å². The Morgan fingerprint density at radius 1 is 1.06 bits per heavy atom. The molecule has 2 aliphatic heterocycles. The minimum absolute atomic E-state index is 0.0932. The van der Waals surface area contributed by atoms with E-state index in [1.807, 2.05) is 54.6 Å². The molecule has 0 atom stereocenters. The zero-order valence-corrected chi connectivity index (χ0v) is 20.2. The highest BCUT2D eigenvalue weighted by Crippen LogP contribution is 2.42. The molecule has 3 aromatic carbocycles.